The quantitative estimate of drug-likeness (QED) is 0.271. The van der Waals surface area contributed by atoms with E-state index in [4.69, 9.17) is 9.83 Å². The number of aromatic nitrogens is 6. The molecule has 0 unspecified atom stereocenters. The number of hydrogen-bond acceptors (Lipinski definition) is 8. The second-order valence-corrected chi connectivity index (χ2v) is 10.6. The van der Waals surface area contributed by atoms with Gasteiger partial charge in [-0.15, -0.1) is 20.4 Å². The van der Waals surface area contributed by atoms with Crippen LogP contribution in [0.1, 0.15) is 61.6 Å². The van der Waals surface area contributed by atoms with E-state index in [0.717, 1.165) is 80.1 Å². The van der Waals surface area contributed by atoms with Crippen molar-refractivity contribution >= 4 is 22.6 Å². The van der Waals surface area contributed by atoms with Crippen LogP contribution in [0.3, 0.4) is 0 Å². The average Bonchev–Trinajstić information content (AvgIpc) is 3.40. The number of fused-ring (bicyclic) bond motifs is 3. The van der Waals surface area contributed by atoms with Gasteiger partial charge in [-0.3, -0.25) is 5.41 Å². The van der Waals surface area contributed by atoms with Gasteiger partial charge < -0.3 is 18.7 Å². The normalized spacial score (nSPS) is 15.0. The van der Waals surface area contributed by atoms with Crippen molar-refractivity contribution in [2.45, 2.75) is 64.5 Å². The third-order valence-electron chi connectivity index (χ3n) is 7.73. The molecule has 0 spiro atoms. The zero-order chi connectivity index (χ0) is 28.9. The van der Waals surface area contributed by atoms with Crippen molar-refractivity contribution in [1.82, 2.24) is 29.5 Å². The molecular weight excluding hydrogens is 528 g/mol. The predicted molar refractivity (Wildman–Crippen MR) is 158 cm³/mol. The SMILES string of the molecule is N#C/C(=C\c1ccccc1O)c1nnc2n1CCCCC2.N=c1oc2ccccc2cc1-c1nnc2n1CCCCC2. The maximum absolute atomic E-state index is 9.84. The molecule has 10 nitrogen and oxygen atoms in total. The van der Waals surface area contributed by atoms with Crippen molar-refractivity contribution < 1.29 is 9.52 Å². The minimum absolute atomic E-state index is 0.146. The number of rotatable bonds is 3. The summed E-state index contributed by atoms with van der Waals surface area (Å²) in [4.78, 5) is 0. The highest BCUT2D eigenvalue weighted by atomic mass is 16.3. The van der Waals surface area contributed by atoms with Gasteiger partial charge in [-0.1, -0.05) is 49.2 Å². The van der Waals surface area contributed by atoms with Crippen LogP contribution in [0.15, 0.2) is 59.0 Å². The van der Waals surface area contributed by atoms with Crippen LogP contribution < -0.4 is 5.55 Å². The molecule has 10 heteroatoms. The van der Waals surface area contributed by atoms with Crippen LogP contribution in [-0.2, 0) is 25.9 Å². The van der Waals surface area contributed by atoms with Gasteiger partial charge in [-0.2, -0.15) is 5.26 Å². The molecule has 2 aliphatic rings. The minimum atomic E-state index is 0.146. The Balaban J connectivity index is 0.000000150. The van der Waals surface area contributed by atoms with Gasteiger partial charge in [0.2, 0.25) is 5.55 Å². The van der Waals surface area contributed by atoms with E-state index in [-0.39, 0.29) is 11.3 Å². The molecule has 0 aliphatic carbocycles. The minimum Gasteiger partial charge on any atom is -0.507 e. The maximum atomic E-state index is 9.84. The van der Waals surface area contributed by atoms with Gasteiger partial charge >= 0.3 is 0 Å². The molecule has 0 saturated carbocycles. The Morgan fingerprint density at radius 1 is 0.857 bits per heavy atom. The fraction of sp³-hybridized carbons (Fsp3) is 0.312. The van der Waals surface area contributed by atoms with E-state index in [1.807, 2.05) is 41.0 Å². The highest BCUT2D eigenvalue weighted by molar-refractivity contribution is 5.88. The van der Waals surface area contributed by atoms with Crippen LogP contribution in [0, 0.1) is 16.7 Å². The van der Waals surface area contributed by atoms with Crippen molar-refractivity contribution in [3.05, 3.63) is 83.2 Å². The summed E-state index contributed by atoms with van der Waals surface area (Å²) in [5.41, 5.74) is 2.63. The number of aryl methyl sites for hydroxylation is 2. The Morgan fingerprint density at radius 3 is 2.33 bits per heavy atom. The van der Waals surface area contributed by atoms with E-state index in [1.54, 1.807) is 24.3 Å². The van der Waals surface area contributed by atoms with Crippen LogP contribution in [-0.4, -0.2) is 34.6 Å². The lowest BCUT2D eigenvalue weighted by Crippen LogP contribution is -2.09. The second kappa shape index (κ2) is 12.2. The third kappa shape index (κ3) is 5.59. The zero-order valence-electron chi connectivity index (χ0n) is 23.3. The summed E-state index contributed by atoms with van der Waals surface area (Å²) in [6.45, 7) is 1.77. The summed E-state index contributed by atoms with van der Waals surface area (Å²) in [6.07, 6.45) is 10.4. The number of benzene rings is 2. The molecule has 5 aromatic rings. The molecular formula is C32H32N8O2. The summed E-state index contributed by atoms with van der Waals surface area (Å²) >= 11 is 0. The number of aromatic hydroxyl groups is 1. The zero-order valence-corrected chi connectivity index (χ0v) is 23.3. The Kier molecular flexibility index (Phi) is 7.90. The molecule has 0 radical (unpaired) electrons. The first-order chi connectivity index (χ1) is 20.6. The Hall–Kier alpha value is -5.04. The number of nitrogens with one attached hydrogen (secondary N) is 1. The van der Waals surface area contributed by atoms with E-state index >= 15 is 0 Å². The van der Waals surface area contributed by atoms with E-state index in [0.29, 0.717) is 22.5 Å². The maximum Gasteiger partial charge on any atom is 0.223 e. The van der Waals surface area contributed by atoms with Crippen molar-refractivity contribution in [3.63, 3.8) is 0 Å². The van der Waals surface area contributed by atoms with E-state index in [1.165, 1.54) is 12.8 Å². The topological polar surface area (TPSA) is 142 Å². The highest BCUT2D eigenvalue weighted by Gasteiger charge is 2.19. The molecule has 0 saturated heterocycles. The molecule has 42 heavy (non-hydrogen) atoms. The summed E-state index contributed by atoms with van der Waals surface area (Å²) < 4.78 is 9.80. The number of phenolic OH excluding ortho intramolecular Hbond substituents is 1. The number of allylic oxidation sites excluding steroid dienone is 1. The van der Waals surface area contributed by atoms with E-state index in [2.05, 4.69) is 31.0 Å². The van der Waals surface area contributed by atoms with Crippen molar-refractivity contribution in [2.75, 3.05) is 0 Å². The fourth-order valence-corrected chi connectivity index (χ4v) is 5.53. The molecule has 2 N–H and O–H groups in total. The van der Waals surface area contributed by atoms with Crippen LogP contribution in [0.2, 0.25) is 0 Å². The smallest absolute Gasteiger partial charge is 0.223 e. The lowest BCUT2D eigenvalue weighted by molar-refractivity contribution is 0.474. The molecule has 2 aliphatic heterocycles. The number of para-hydroxylation sites is 2. The Labute approximate surface area is 243 Å². The van der Waals surface area contributed by atoms with Gasteiger partial charge in [0.15, 0.2) is 11.6 Å². The first-order valence-corrected chi connectivity index (χ1v) is 14.4. The van der Waals surface area contributed by atoms with Gasteiger partial charge in [0.1, 0.15) is 29.1 Å². The van der Waals surface area contributed by atoms with Crippen LogP contribution >= 0.6 is 0 Å². The van der Waals surface area contributed by atoms with Gasteiger partial charge in [-0.25, -0.2) is 0 Å². The van der Waals surface area contributed by atoms with Gasteiger partial charge in [0.25, 0.3) is 0 Å². The van der Waals surface area contributed by atoms with Crippen molar-refractivity contribution in [3.8, 4) is 23.2 Å². The van der Waals surface area contributed by atoms with Gasteiger partial charge in [0, 0.05) is 36.9 Å². The molecule has 3 aromatic heterocycles. The second-order valence-electron chi connectivity index (χ2n) is 10.6. The Morgan fingerprint density at radius 2 is 1.55 bits per heavy atom. The summed E-state index contributed by atoms with van der Waals surface area (Å²) in [5, 5.41) is 45.4. The number of nitrogens with zero attached hydrogens (tertiary/aromatic N) is 7. The van der Waals surface area contributed by atoms with E-state index in [9.17, 15) is 10.4 Å². The largest absolute Gasteiger partial charge is 0.507 e. The van der Waals surface area contributed by atoms with Gasteiger partial charge in [-0.05, 0) is 50.0 Å². The lowest BCUT2D eigenvalue weighted by atomic mass is 10.1. The fourth-order valence-electron chi connectivity index (χ4n) is 5.53. The van der Waals surface area contributed by atoms with Crippen LogP contribution in [0.5, 0.6) is 5.75 Å². The molecule has 0 fully saturated rings. The standard InChI is InChI=1S/2C16H16N4O/c17-15-12(10-11-6-3-4-7-13(11)21-15)16-19-18-14-8-2-1-5-9-20(14)16;17-11-13(10-12-6-3-4-7-14(12)21)16-19-18-15-8-2-1-5-9-20(15)16/h3-4,6-7,10,17H,1-2,5,8-9H2;3-4,6-7,10,21H,1-2,5,8-9H2/b;13-10+. The number of nitriles is 1. The van der Waals surface area contributed by atoms with Crippen molar-refractivity contribution in [2.24, 2.45) is 0 Å². The molecule has 2 aromatic carbocycles. The molecule has 0 bridgehead atoms. The van der Waals surface area contributed by atoms with Crippen LogP contribution in [0.4, 0.5) is 0 Å². The average molecular weight is 561 g/mol. The van der Waals surface area contributed by atoms with Crippen molar-refractivity contribution in [1.29, 1.82) is 10.7 Å². The summed E-state index contributed by atoms with van der Waals surface area (Å²) in [7, 11) is 0. The first kappa shape index (κ1) is 27.1. The Bertz CT molecular complexity index is 1860. The monoisotopic (exact) mass is 560 g/mol. The lowest BCUT2D eigenvalue weighted by Gasteiger charge is -2.07. The molecule has 0 amide bonds. The van der Waals surface area contributed by atoms with E-state index < -0.39 is 0 Å². The predicted octanol–water partition coefficient (Wildman–Crippen LogP) is 5.67. The van der Waals surface area contributed by atoms with Gasteiger partial charge in [0.05, 0.1) is 11.1 Å². The highest BCUT2D eigenvalue weighted by Crippen LogP contribution is 2.25. The van der Waals surface area contributed by atoms with Crippen LogP contribution in [0.25, 0.3) is 34.0 Å². The number of hydrogen-bond donors (Lipinski definition) is 2. The number of phenols is 1. The molecule has 212 valence electrons. The molecule has 0 atom stereocenters. The molecule has 5 heterocycles. The third-order valence-corrected chi connectivity index (χ3v) is 7.73. The summed E-state index contributed by atoms with van der Waals surface area (Å²) in [6, 6.07) is 18.8. The first-order valence-electron chi connectivity index (χ1n) is 14.4. The molecule has 7 rings (SSSR count). The summed E-state index contributed by atoms with van der Waals surface area (Å²) in [5.74, 6) is 3.47.